The minimum absolute atomic E-state index is 0.0555. The first-order valence-corrected chi connectivity index (χ1v) is 8.64. The van der Waals surface area contributed by atoms with Crippen LogP contribution in [0.3, 0.4) is 0 Å². The first-order valence-electron chi connectivity index (χ1n) is 8.64. The van der Waals surface area contributed by atoms with Crippen molar-refractivity contribution in [3.63, 3.8) is 0 Å². The van der Waals surface area contributed by atoms with E-state index in [2.05, 4.69) is 47.2 Å². The molecule has 0 saturated carbocycles. The Morgan fingerprint density at radius 1 is 1.23 bits per heavy atom. The predicted octanol–water partition coefficient (Wildman–Crippen LogP) is 2.08. The van der Waals surface area contributed by atoms with Crippen LogP contribution in [0.4, 0.5) is 0 Å². The molecule has 0 aliphatic heterocycles. The van der Waals surface area contributed by atoms with Gasteiger partial charge in [-0.05, 0) is 35.2 Å². The fourth-order valence-corrected chi connectivity index (χ4v) is 2.64. The lowest BCUT2D eigenvalue weighted by Crippen LogP contribution is -2.38. The van der Waals surface area contributed by atoms with Gasteiger partial charge in [-0.1, -0.05) is 49.1 Å². The number of hydrogen-bond donors (Lipinski definition) is 3. The van der Waals surface area contributed by atoms with Crippen LogP contribution < -0.4 is 16.8 Å². The van der Waals surface area contributed by atoms with Crippen molar-refractivity contribution in [3.05, 3.63) is 60.7 Å². The molecule has 0 amide bonds. The van der Waals surface area contributed by atoms with Gasteiger partial charge in [0.05, 0.1) is 0 Å². The second-order valence-electron chi connectivity index (χ2n) is 5.98. The second-order valence-corrected chi connectivity index (χ2v) is 5.98. The van der Waals surface area contributed by atoms with Crippen LogP contribution in [0.2, 0.25) is 0 Å². The van der Waals surface area contributed by atoms with E-state index in [0.717, 1.165) is 5.56 Å². The van der Waals surface area contributed by atoms with Gasteiger partial charge in [-0.15, -0.1) is 0 Å². The van der Waals surface area contributed by atoms with E-state index in [0.29, 0.717) is 25.9 Å². The molecule has 2 aromatic carbocycles. The Balaban J connectivity index is 1.97. The van der Waals surface area contributed by atoms with Gasteiger partial charge >= 0.3 is 5.97 Å². The molecule has 0 heterocycles. The van der Waals surface area contributed by atoms with Gasteiger partial charge in [0, 0.05) is 13.1 Å². The number of rotatable bonds is 10. The summed E-state index contributed by atoms with van der Waals surface area (Å²) in [5.41, 5.74) is 11.8. The van der Waals surface area contributed by atoms with Crippen molar-refractivity contribution in [2.24, 2.45) is 16.5 Å². The molecule has 0 spiro atoms. The number of fused-ring (bicyclic) bond motifs is 1. The average Bonchev–Trinajstić information content (AvgIpc) is 2.65. The lowest BCUT2D eigenvalue weighted by molar-refractivity contribution is -0.145. The summed E-state index contributed by atoms with van der Waals surface area (Å²) in [6.07, 6.45) is 2.81. The first-order chi connectivity index (χ1) is 12.6. The van der Waals surface area contributed by atoms with Crippen molar-refractivity contribution in [3.8, 4) is 0 Å². The Kier molecular flexibility index (Phi) is 7.64. The maximum atomic E-state index is 12.2. The smallest absolute Gasteiger partial charge is 0.323 e. The van der Waals surface area contributed by atoms with Gasteiger partial charge in [-0.25, -0.2) is 0 Å². The summed E-state index contributed by atoms with van der Waals surface area (Å²) in [5.74, 6) is -0.240. The van der Waals surface area contributed by atoms with E-state index < -0.39 is 6.04 Å². The van der Waals surface area contributed by atoms with Gasteiger partial charge in [0.25, 0.3) is 0 Å². The summed E-state index contributed by atoms with van der Waals surface area (Å²) in [7, 11) is 0. The molecule has 1 atom stereocenters. The summed E-state index contributed by atoms with van der Waals surface area (Å²) in [4.78, 5) is 16.2. The highest BCUT2D eigenvalue weighted by Crippen LogP contribution is 2.16. The van der Waals surface area contributed by atoms with Crippen molar-refractivity contribution in [1.29, 1.82) is 0 Å². The van der Waals surface area contributed by atoms with Crippen LogP contribution in [-0.2, 0) is 16.1 Å². The van der Waals surface area contributed by atoms with Crippen molar-refractivity contribution in [1.82, 2.24) is 5.32 Å². The highest BCUT2D eigenvalue weighted by molar-refractivity contribution is 5.83. The molecule has 6 heteroatoms. The molecule has 2 aromatic rings. The third kappa shape index (κ3) is 6.22. The number of benzene rings is 2. The standard InChI is InChI=1S/C20H26N4O2/c1-2-12-26-19(25)18(8-5-11-23-20(21)22)24-14-15-9-10-16-6-3-4-7-17(16)13-15/h2-4,6-7,9-10,13,18,24H,1,5,8,11-12,14H2,(H4,21,22,23)/t18-/m0/s1. The zero-order valence-corrected chi connectivity index (χ0v) is 14.9. The molecule has 6 nitrogen and oxygen atoms in total. The number of carbonyl (C=O) groups is 1. The number of hydrogen-bond acceptors (Lipinski definition) is 4. The van der Waals surface area contributed by atoms with Gasteiger partial charge in [0.1, 0.15) is 12.6 Å². The van der Waals surface area contributed by atoms with Crippen molar-refractivity contribution < 1.29 is 9.53 Å². The van der Waals surface area contributed by atoms with Crippen LogP contribution in [0, 0.1) is 0 Å². The number of nitrogens with two attached hydrogens (primary N) is 2. The van der Waals surface area contributed by atoms with E-state index in [9.17, 15) is 4.79 Å². The molecule has 0 fully saturated rings. The van der Waals surface area contributed by atoms with Gasteiger partial charge < -0.3 is 21.5 Å². The molecule has 0 radical (unpaired) electrons. The Bertz CT molecular complexity index is 769. The highest BCUT2D eigenvalue weighted by atomic mass is 16.5. The first kappa shape index (κ1) is 19.5. The number of aliphatic imine (C=N–C) groups is 1. The predicted molar refractivity (Wildman–Crippen MR) is 106 cm³/mol. The molecule has 5 N–H and O–H groups in total. The van der Waals surface area contributed by atoms with E-state index in [-0.39, 0.29) is 18.5 Å². The fourth-order valence-electron chi connectivity index (χ4n) is 2.64. The van der Waals surface area contributed by atoms with Crippen LogP contribution in [0.25, 0.3) is 10.8 Å². The summed E-state index contributed by atoms with van der Waals surface area (Å²) >= 11 is 0. The van der Waals surface area contributed by atoms with E-state index in [1.165, 1.54) is 10.8 Å². The lowest BCUT2D eigenvalue weighted by atomic mass is 10.1. The summed E-state index contributed by atoms with van der Waals surface area (Å²) < 4.78 is 5.19. The maximum Gasteiger partial charge on any atom is 0.323 e. The maximum absolute atomic E-state index is 12.2. The van der Waals surface area contributed by atoms with Crippen molar-refractivity contribution in [2.45, 2.75) is 25.4 Å². The van der Waals surface area contributed by atoms with E-state index in [1.807, 2.05) is 12.1 Å². The molecule has 0 aliphatic carbocycles. The molecular formula is C20H26N4O2. The number of carbonyl (C=O) groups excluding carboxylic acids is 1. The third-order valence-corrected chi connectivity index (χ3v) is 3.94. The number of ether oxygens (including phenoxy) is 1. The normalized spacial score (nSPS) is 11.7. The van der Waals surface area contributed by atoms with Crippen LogP contribution >= 0.6 is 0 Å². The minimum Gasteiger partial charge on any atom is -0.460 e. The van der Waals surface area contributed by atoms with Gasteiger partial charge in [-0.2, -0.15) is 0 Å². The molecule has 0 bridgehead atoms. The average molecular weight is 354 g/mol. The topological polar surface area (TPSA) is 103 Å². The molecule has 0 aliphatic rings. The zero-order valence-electron chi connectivity index (χ0n) is 14.9. The Hall–Kier alpha value is -2.86. The Morgan fingerprint density at radius 3 is 2.73 bits per heavy atom. The van der Waals surface area contributed by atoms with Gasteiger partial charge in [0.2, 0.25) is 0 Å². The number of nitrogens with one attached hydrogen (secondary N) is 1. The van der Waals surface area contributed by atoms with Crippen molar-refractivity contribution in [2.75, 3.05) is 13.2 Å². The number of guanidine groups is 1. The van der Waals surface area contributed by atoms with E-state index >= 15 is 0 Å². The molecule has 0 saturated heterocycles. The third-order valence-electron chi connectivity index (χ3n) is 3.94. The Labute approximate surface area is 153 Å². The monoisotopic (exact) mass is 354 g/mol. The molecular weight excluding hydrogens is 328 g/mol. The number of nitrogens with zero attached hydrogens (tertiary/aromatic N) is 1. The lowest BCUT2D eigenvalue weighted by Gasteiger charge is -2.17. The van der Waals surface area contributed by atoms with Crippen LogP contribution in [0.1, 0.15) is 18.4 Å². The largest absolute Gasteiger partial charge is 0.460 e. The highest BCUT2D eigenvalue weighted by Gasteiger charge is 2.18. The summed E-state index contributed by atoms with van der Waals surface area (Å²) in [5, 5.41) is 5.64. The van der Waals surface area contributed by atoms with Crippen LogP contribution in [0.15, 0.2) is 60.1 Å². The SMILES string of the molecule is C=CCOC(=O)[C@H](CCCN=C(N)N)NCc1ccc2ccccc2c1. The van der Waals surface area contributed by atoms with E-state index in [1.54, 1.807) is 6.08 Å². The molecule has 0 aromatic heterocycles. The zero-order chi connectivity index (χ0) is 18.8. The Morgan fingerprint density at radius 2 is 2.00 bits per heavy atom. The quantitative estimate of drug-likeness (QED) is 0.199. The van der Waals surface area contributed by atoms with Crippen LogP contribution in [-0.4, -0.2) is 31.1 Å². The van der Waals surface area contributed by atoms with Crippen molar-refractivity contribution >= 4 is 22.7 Å². The van der Waals surface area contributed by atoms with E-state index in [4.69, 9.17) is 16.2 Å². The molecule has 2 rings (SSSR count). The molecule has 0 unspecified atom stereocenters. The van der Waals surface area contributed by atoms with Crippen LogP contribution in [0.5, 0.6) is 0 Å². The summed E-state index contributed by atoms with van der Waals surface area (Å²) in [6, 6.07) is 14.0. The minimum atomic E-state index is -0.421. The number of esters is 1. The molecule has 138 valence electrons. The fraction of sp³-hybridized carbons (Fsp3) is 0.300. The summed E-state index contributed by atoms with van der Waals surface area (Å²) in [6.45, 7) is 4.81. The van der Waals surface area contributed by atoms with Gasteiger partial charge in [0.15, 0.2) is 5.96 Å². The second kappa shape index (κ2) is 10.2. The van der Waals surface area contributed by atoms with Gasteiger partial charge in [-0.3, -0.25) is 9.79 Å². The molecule has 26 heavy (non-hydrogen) atoms.